The standard InChI is InChI=1S/C19H23N3O2/c1-22(2)17(12-14-6-4-3-5-7-14)19(24)21-16-10-8-15(9-11-16)13-18(20)23/h3-11,17H,12-13H2,1-2H3,(H2,20,23)(H,21,24). The number of primary amides is 1. The summed E-state index contributed by atoms with van der Waals surface area (Å²) >= 11 is 0. The van der Waals surface area contributed by atoms with Crippen molar-refractivity contribution in [2.75, 3.05) is 19.4 Å². The Kier molecular flexibility index (Phi) is 6.09. The summed E-state index contributed by atoms with van der Waals surface area (Å²) in [6.45, 7) is 0. The van der Waals surface area contributed by atoms with Crippen LogP contribution < -0.4 is 11.1 Å². The average Bonchev–Trinajstić information content (AvgIpc) is 2.54. The fraction of sp³-hybridized carbons (Fsp3) is 0.263. The average molecular weight is 325 g/mol. The molecule has 5 heteroatoms. The summed E-state index contributed by atoms with van der Waals surface area (Å²) in [7, 11) is 3.78. The molecule has 0 fully saturated rings. The number of carbonyl (C=O) groups is 2. The fourth-order valence-electron chi connectivity index (χ4n) is 2.48. The van der Waals surface area contributed by atoms with Crippen LogP contribution >= 0.6 is 0 Å². The van der Waals surface area contributed by atoms with Crippen LogP contribution in [-0.4, -0.2) is 36.9 Å². The monoisotopic (exact) mass is 325 g/mol. The quantitative estimate of drug-likeness (QED) is 0.815. The number of benzene rings is 2. The number of hydrogen-bond donors (Lipinski definition) is 2. The van der Waals surface area contributed by atoms with E-state index in [2.05, 4.69) is 5.32 Å². The SMILES string of the molecule is CN(C)C(Cc1ccccc1)C(=O)Nc1ccc(CC(N)=O)cc1. The van der Waals surface area contributed by atoms with Crippen molar-refractivity contribution < 1.29 is 9.59 Å². The van der Waals surface area contributed by atoms with E-state index < -0.39 is 0 Å². The molecule has 1 unspecified atom stereocenters. The van der Waals surface area contributed by atoms with E-state index in [4.69, 9.17) is 5.73 Å². The number of amides is 2. The van der Waals surface area contributed by atoms with Crippen LogP contribution in [0.3, 0.4) is 0 Å². The molecule has 0 spiro atoms. The third kappa shape index (κ3) is 5.21. The predicted octanol–water partition coefficient (Wildman–Crippen LogP) is 1.83. The van der Waals surface area contributed by atoms with Gasteiger partial charge in [0.25, 0.3) is 0 Å². The Morgan fingerprint density at radius 3 is 2.17 bits per heavy atom. The number of likely N-dealkylation sites (N-methyl/N-ethyl adjacent to an activating group) is 1. The number of nitrogens with zero attached hydrogens (tertiary/aromatic N) is 1. The summed E-state index contributed by atoms with van der Waals surface area (Å²) in [6.07, 6.45) is 0.835. The second-order valence-corrected chi connectivity index (χ2v) is 6.00. The highest BCUT2D eigenvalue weighted by atomic mass is 16.2. The van der Waals surface area contributed by atoms with E-state index in [1.807, 2.05) is 49.3 Å². The summed E-state index contributed by atoms with van der Waals surface area (Å²) in [5.74, 6) is -0.436. The molecule has 0 saturated heterocycles. The van der Waals surface area contributed by atoms with E-state index in [1.54, 1.807) is 24.3 Å². The van der Waals surface area contributed by atoms with Gasteiger partial charge in [0.2, 0.25) is 11.8 Å². The molecular weight excluding hydrogens is 302 g/mol. The minimum Gasteiger partial charge on any atom is -0.369 e. The minimum absolute atomic E-state index is 0.0634. The maximum Gasteiger partial charge on any atom is 0.242 e. The van der Waals surface area contributed by atoms with E-state index >= 15 is 0 Å². The predicted molar refractivity (Wildman–Crippen MR) is 95.6 cm³/mol. The van der Waals surface area contributed by atoms with Crippen molar-refractivity contribution in [1.29, 1.82) is 0 Å². The van der Waals surface area contributed by atoms with Crippen LogP contribution in [0, 0.1) is 0 Å². The molecule has 2 aromatic carbocycles. The van der Waals surface area contributed by atoms with Gasteiger partial charge in [-0.25, -0.2) is 0 Å². The van der Waals surface area contributed by atoms with Crippen LogP contribution in [0.2, 0.25) is 0 Å². The largest absolute Gasteiger partial charge is 0.369 e. The molecule has 0 aromatic heterocycles. The van der Waals surface area contributed by atoms with Gasteiger partial charge in [-0.15, -0.1) is 0 Å². The first kappa shape index (κ1) is 17.7. The van der Waals surface area contributed by atoms with Gasteiger partial charge in [0, 0.05) is 5.69 Å². The number of anilines is 1. The van der Waals surface area contributed by atoms with Crippen LogP contribution in [0.25, 0.3) is 0 Å². The summed E-state index contributed by atoms with van der Waals surface area (Å²) in [5, 5.41) is 2.93. The molecule has 0 aliphatic carbocycles. The number of nitrogens with one attached hydrogen (secondary N) is 1. The molecule has 24 heavy (non-hydrogen) atoms. The molecular formula is C19H23N3O2. The van der Waals surface area contributed by atoms with Crippen LogP contribution in [-0.2, 0) is 22.4 Å². The Morgan fingerprint density at radius 1 is 1.00 bits per heavy atom. The van der Waals surface area contributed by atoms with Crippen LogP contribution in [0.15, 0.2) is 54.6 Å². The number of carbonyl (C=O) groups excluding carboxylic acids is 2. The van der Waals surface area contributed by atoms with Gasteiger partial charge in [-0.3, -0.25) is 14.5 Å². The van der Waals surface area contributed by atoms with Gasteiger partial charge < -0.3 is 11.1 Å². The second kappa shape index (κ2) is 8.26. The fourth-order valence-corrected chi connectivity index (χ4v) is 2.48. The van der Waals surface area contributed by atoms with Crippen molar-refractivity contribution in [3.63, 3.8) is 0 Å². The highest BCUT2D eigenvalue weighted by Crippen LogP contribution is 2.13. The third-order valence-electron chi connectivity index (χ3n) is 3.80. The van der Waals surface area contributed by atoms with E-state index in [0.717, 1.165) is 11.1 Å². The molecule has 2 rings (SSSR count). The molecule has 0 aliphatic rings. The van der Waals surface area contributed by atoms with E-state index in [1.165, 1.54) is 0 Å². The van der Waals surface area contributed by atoms with Crippen molar-refractivity contribution in [3.8, 4) is 0 Å². The zero-order valence-electron chi connectivity index (χ0n) is 14.0. The molecule has 1 atom stereocenters. The molecule has 0 heterocycles. The van der Waals surface area contributed by atoms with Crippen molar-refractivity contribution in [2.24, 2.45) is 5.73 Å². The van der Waals surface area contributed by atoms with Crippen LogP contribution in [0.4, 0.5) is 5.69 Å². The molecule has 0 radical (unpaired) electrons. The molecule has 2 aromatic rings. The van der Waals surface area contributed by atoms with Gasteiger partial charge in [-0.05, 0) is 43.8 Å². The first-order valence-corrected chi connectivity index (χ1v) is 7.84. The van der Waals surface area contributed by atoms with Crippen molar-refractivity contribution in [3.05, 3.63) is 65.7 Å². The topological polar surface area (TPSA) is 75.4 Å². The van der Waals surface area contributed by atoms with Gasteiger partial charge in [-0.2, -0.15) is 0 Å². The third-order valence-corrected chi connectivity index (χ3v) is 3.80. The van der Waals surface area contributed by atoms with Gasteiger partial charge in [0.05, 0.1) is 12.5 Å². The van der Waals surface area contributed by atoms with E-state index in [-0.39, 0.29) is 24.3 Å². The summed E-state index contributed by atoms with van der Waals surface area (Å²) in [4.78, 5) is 25.4. The first-order chi connectivity index (χ1) is 11.5. The first-order valence-electron chi connectivity index (χ1n) is 7.84. The zero-order chi connectivity index (χ0) is 17.5. The van der Waals surface area contributed by atoms with Crippen LogP contribution in [0.5, 0.6) is 0 Å². The van der Waals surface area contributed by atoms with Crippen molar-refractivity contribution in [2.45, 2.75) is 18.9 Å². The Balaban J connectivity index is 2.03. The van der Waals surface area contributed by atoms with Crippen LogP contribution in [0.1, 0.15) is 11.1 Å². The lowest BCUT2D eigenvalue weighted by Crippen LogP contribution is -2.41. The Labute approximate surface area is 142 Å². The van der Waals surface area contributed by atoms with E-state index in [9.17, 15) is 9.59 Å². The lowest BCUT2D eigenvalue weighted by Gasteiger charge is -2.23. The normalized spacial score (nSPS) is 12.0. The second-order valence-electron chi connectivity index (χ2n) is 6.00. The van der Waals surface area contributed by atoms with Gasteiger partial charge in [0.1, 0.15) is 0 Å². The number of hydrogen-bond acceptors (Lipinski definition) is 3. The summed E-state index contributed by atoms with van der Waals surface area (Å²) < 4.78 is 0. The summed E-state index contributed by atoms with van der Waals surface area (Å²) in [6, 6.07) is 16.8. The maximum absolute atomic E-state index is 12.6. The highest BCUT2D eigenvalue weighted by Gasteiger charge is 2.21. The lowest BCUT2D eigenvalue weighted by molar-refractivity contribution is -0.120. The van der Waals surface area contributed by atoms with Gasteiger partial charge in [0.15, 0.2) is 0 Å². The smallest absolute Gasteiger partial charge is 0.242 e. The van der Waals surface area contributed by atoms with Gasteiger partial charge >= 0.3 is 0 Å². The Morgan fingerprint density at radius 2 is 1.62 bits per heavy atom. The maximum atomic E-state index is 12.6. The molecule has 0 bridgehead atoms. The molecule has 126 valence electrons. The Hall–Kier alpha value is -2.66. The Bertz CT molecular complexity index is 682. The highest BCUT2D eigenvalue weighted by molar-refractivity contribution is 5.95. The minimum atomic E-state index is -0.373. The molecule has 2 amide bonds. The van der Waals surface area contributed by atoms with Crippen molar-refractivity contribution in [1.82, 2.24) is 4.90 Å². The molecule has 0 saturated carbocycles. The zero-order valence-corrected chi connectivity index (χ0v) is 14.0. The summed E-state index contributed by atoms with van der Waals surface area (Å²) in [5.41, 5.74) is 7.82. The number of rotatable bonds is 7. The molecule has 0 aliphatic heterocycles. The van der Waals surface area contributed by atoms with Gasteiger partial charge in [-0.1, -0.05) is 42.5 Å². The number of nitrogens with two attached hydrogens (primary N) is 1. The molecule has 5 nitrogen and oxygen atoms in total. The van der Waals surface area contributed by atoms with Crippen molar-refractivity contribution >= 4 is 17.5 Å². The molecule has 3 N–H and O–H groups in total. The lowest BCUT2D eigenvalue weighted by atomic mass is 10.0. The van der Waals surface area contributed by atoms with E-state index in [0.29, 0.717) is 12.1 Å².